The minimum Gasteiger partial charge on any atom is -0.294 e. The molecule has 1 saturated heterocycles. The molecule has 2 aliphatic carbocycles. The number of fused-ring (bicyclic) bond motifs is 2. The van der Waals surface area contributed by atoms with Gasteiger partial charge in [-0.2, -0.15) is 0 Å². The topological polar surface area (TPSA) is 32.7 Å². The quantitative estimate of drug-likeness (QED) is 0.770. The highest BCUT2D eigenvalue weighted by molar-refractivity contribution is 8.15. The Bertz CT molecular complexity index is 393. The Hall–Kier alpha value is -0.510. The number of nitrogens with zero attached hydrogens (tertiary/aromatic N) is 2. The number of thioether (sulfide) groups is 1. The van der Waals surface area contributed by atoms with Crippen LogP contribution in [0.2, 0.25) is 0 Å². The molecule has 0 aromatic carbocycles. The molecule has 3 nitrogen and oxygen atoms in total. The van der Waals surface area contributed by atoms with Gasteiger partial charge in [0.2, 0.25) is 5.91 Å². The highest BCUT2D eigenvalue weighted by Gasteiger charge is 2.42. The van der Waals surface area contributed by atoms with E-state index < -0.39 is 0 Å². The third-order valence-electron chi connectivity index (χ3n) is 4.68. The van der Waals surface area contributed by atoms with Crippen molar-refractivity contribution in [2.75, 3.05) is 7.05 Å². The molecule has 4 unspecified atom stereocenters. The molecule has 18 heavy (non-hydrogen) atoms. The van der Waals surface area contributed by atoms with E-state index >= 15 is 0 Å². The second kappa shape index (κ2) is 4.55. The van der Waals surface area contributed by atoms with E-state index in [-0.39, 0.29) is 11.2 Å². The summed E-state index contributed by atoms with van der Waals surface area (Å²) in [5.41, 5.74) is 0. The molecular weight excluding hydrogens is 244 g/mol. The molecule has 3 fully saturated rings. The molecule has 4 heteroatoms. The molecule has 0 radical (unpaired) electrons. The van der Waals surface area contributed by atoms with Crippen LogP contribution in [0.3, 0.4) is 0 Å². The standard InChI is InChI=1S/C14H22N2OS/c1-8(2)12-13(17)16(3)14(18-12)15-11-7-9-4-5-10(11)6-9/h8-12H,4-7H2,1-3H3. The van der Waals surface area contributed by atoms with Crippen LogP contribution in [0.5, 0.6) is 0 Å². The molecule has 1 amide bonds. The van der Waals surface area contributed by atoms with Crippen molar-refractivity contribution >= 4 is 22.8 Å². The summed E-state index contributed by atoms with van der Waals surface area (Å²) < 4.78 is 0. The van der Waals surface area contributed by atoms with E-state index in [0.29, 0.717) is 12.0 Å². The molecule has 0 N–H and O–H groups in total. The summed E-state index contributed by atoms with van der Waals surface area (Å²) in [6.07, 6.45) is 5.38. The summed E-state index contributed by atoms with van der Waals surface area (Å²) in [5, 5.41) is 1.04. The van der Waals surface area contributed by atoms with Crippen molar-refractivity contribution in [1.82, 2.24) is 4.90 Å². The predicted octanol–water partition coefficient (Wildman–Crippen LogP) is 2.76. The van der Waals surface area contributed by atoms with E-state index in [1.807, 2.05) is 7.05 Å². The van der Waals surface area contributed by atoms with E-state index in [2.05, 4.69) is 13.8 Å². The van der Waals surface area contributed by atoms with Crippen molar-refractivity contribution < 1.29 is 4.79 Å². The second-order valence-electron chi connectivity index (χ2n) is 6.33. The van der Waals surface area contributed by atoms with Gasteiger partial charge in [-0.3, -0.25) is 14.7 Å². The van der Waals surface area contributed by atoms with Crippen LogP contribution in [0, 0.1) is 17.8 Å². The number of aliphatic imine (C=N–C) groups is 1. The first kappa shape index (κ1) is 12.5. The Morgan fingerprint density at radius 1 is 1.33 bits per heavy atom. The van der Waals surface area contributed by atoms with Gasteiger partial charge in [-0.15, -0.1) is 0 Å². The molecule has 100 valence electrons. The van der Waals surface area contributed by atoms with Gasteiger partial charge in [0.1, 0.15) is 0 Å². The van der Waals surface area contributed by atoms with E-state index in [1.165, 1.54) is 25.7 Å². The zero-order valence-corrected chi connectivity index (χ0v) is 12.2. The molecular formula is C14H22N2OS. The minimum atomic E-state index is 0.0762. The number of amidine groups is 1. The molecule has 0 aromatic heterocycles. The van der Waals surface area contributed by atoms with Crippen LogP contribution in [0.25, 0.3) is 0 Å². The smallest absolute Gasteiger partial charge is 0.242 e. The summed E-state index contributed by atoms with van der Waals surface area (Å²) in [7, 11) is 1.88. The summed E-state index contributed by atoms with van der Waals surface area (Å²) in [5.74, 6) is 2.33. The fourth-order valence-electron chi connectivity index (χ4n) is 3.58. The Morgan fingerprint density at radius 2 is 2.11 bits per heavy atom. The number of rotatable bonds is 2. The molecule has 2 bridgehead atoms. The average molecular weight is 266 g/mol. The molecule has 4 atom stereocenters. The van der Waals surface area contributed by atoms with Gasteiger partial charge in [-0.1, -0.05) is 32.0 Å². The van der Waals surface area contributed by atoms with Gasteiger partial charge in [-0.25, -0.2) is 0 Å². The van der Waals surface area contributed by atoms with E-state index in [4.69, 9.17) is 4.99 Å². The summed E-state index contributed by atoms with van der Waals surface area (Å²) in [6.45, 7) is 4.23. The lowest BCUT2D eigenvalue weighted by Gasteiger charge is -2.19. The molecule has 1 heterocycles. The molecule has 0 aromatic rings. The first-order valence-electron chi connectivity index (χ1n) is 7.08. The van der Waals surface area contributed by atoms with Gasteiger partial charge in [0, 0.05) is 7.05 Å². The summed E-state index contributed by atoms with van der Waals surface area (Å²) in [6, 6.07) is 0.493. The number of carbonyl (C=O) groups excluding carboxylic acids is 1. The summed E-state index contributed by atoms with van der Waals surface area (Å²) in [4.78, 5) is 18.8. The molecule has 0 spiro atoms. The Labute approximate surface area is 113 Å². The maximum Gasteiger partial charge on any atom is 0.242 e. The lowest BCUT2D eigenvalue weighted by Crippen LogP contribution is -2.31. The average Bonchev–Trinajstić information content (AvgIpc) is 2.99. The van der Waals surface area contributed by atoms with Crippen LogP contribution in [0.4, 0.5) is 0 Å². The van der Waals surface area contributed by atoms with Crippen LogP contribution in [-0.4, -0.2) is 34.3 Å². The third kappa shape index (κ3) is 1.98. The lowest BCUT2D eigenvalue weighted by atomic mass is 9.96. The lowest BCUT2D eigenvalue weighted by molar-refractivity contribution is -0.125. The van der Waals surface area contributed by atoms with Crippen LogP contribution < -0.4 is 0 Å². The van der Waals surface area contributed by atoms with Gasteiger partial charge in [0.25, 0.3) is 0 Å². The maximum absolute atomic E-state index is 12.1. The van der Waals surface area contributed by atoms with Crippen molar-refractivity contribution in [3.05, 3.63) is 0 Å². The van der Waals surface area contributed by atoms with E-state index in [1.54, 1.807) is 16.7 Å². The zero-order chi connectivity index (χ0) is 12.9. The number of hydrogen-bond acceptors (Lipinski definition) is 3. The highest BCUT2D eigenvalue weighted by Crippen LogP contribution is 2.46. The Kier molecular flexibility index (Phi) is 3.16. The monoisotopic (exact) mass is 266 g/mol. The van der Waals surface area contributed by atoms with E-state index in [9.17, 15) is 4.79 Å². The first-order valence-corrected chi connectivity index (χ1v) is 7.96. The van der Waals surface area contributed by atoms with Crippen molar-refractivity contribution in [3.8, 4) is 0 Å². The van der Waals surface area contributed by atoms with Gasteiger partial charge in [0.05, 0.1) is 11.3 Å². The Balaban J connectivity index is 1.75. The Morgan fingerprint density at radius 3 is 2.61 bits per heavy atom. The van der Waals surface area contributed by atoms with Crippen LogP contribution in [0.15, 0.2) is 4.99 Å². The van der Waals surface area contributed by atoms with Gasteiger partial charge >= 0.3 is 0 Å². The minimum absolute atomic E-state index is 0.0762. The SMILES string of the molecule is CC(C)C1SC(=NC2CC3CCC2C3)N(C)C1=O. The third-order valence-corrected chi connectivity index (χ3v) is 6.27. The number of carbonyl (C=O) groups is 1. The molecule has 2 saturated carbocycles. The van der Waals surface area contributed by atoms with Crippen LogP contribution in [-0.2, 0) is 4.79 Å². The largest absolute Gasteiger partial charge is 0.294 e. The van der Waals surface area contributed by atoms with Gasteiger partial charge in [-0.05, 0) is 37.0 Å². The normalized spacial score (nSPS) is 41.7. The summed E-state index contributed by atoms with van der Waals surface area (Å²) >= 11 is 1.68. The van der Waals surface area contributed by atoms with Gasteiger partial charge < -0.3 is 0 Å². The van der Waals surface area contributed by atoms with Crippen molar-refractivity contribution in [1.29, 1.82) is 0 Å². The van der Waals surface area contributed by atoms with Crippen LogP contribution >= 0.6 is 11.8 Å². The van der Waals surface area contributed by atoms with Crippen molar-refractivity contribution in [2.24, 2.45) is 22.7 Å². The highest BCUT2D eigenvalue weighted by atomic mass is 32.2. The first-order chi connectivity index (χ1) is 8.56. The number of hydrogen-bond donors (Lipinski definition) is 0. The molecule has 3 rings (SSSR count). The fraction of sp³-hybridized carbons (Fsp3) is 0.857. The predicted molar refractivity (Wildman–Crippen MR) is 75.7 cm³/mol. The molecule has 1 aliphatic heterocycles. The van der Waals surface area contributed by atoms with Crippen molar-refractivity contribution in [2.45, 2.75) is 50.8 Å². The zero-order valence-electron chi connectivity index (χ0n) is 11.4. The fourth-order valence-corrected chi connectivity index (χ4v) is 4.78. The second-order valence-corrected chi connectivity index (χ2v) is 7.44. The van der Waals surface area contributed by atoms with Crippen molar-refractivity contribution in [3.63, 3.8) is 0 Å². The number of amides is 1. The molecule has 3 aliphatic rings. The maximum atomic E-state index is 12.1. The van der Waals surface area contributed by atoms with Gasteiger partial charge in [0.15, 0.2) is 5.17 Å². The van der Waals surface area contributed by atoms with E-state index in [0.717, 1.165) is 17.0 Å². The van der Waals surface area contributed by atoms with Crippen LogP contribution in [0.1, 0.15) is 39.5 Å².